The monoisotopic (exact) mass is 546 g/mol. The molecule has 0 radical (unpaired) electrons. The number of aliphatic hydroxyl groups excluding tert-OH is 2. The molecule has 38 heavy (non-hydrogen) atoms. The topological polar surface area (TPSA) is 216 Å². The first-order valence-corrected chi connectivity index (χ1v) is 12.2. The normalized spacial score (nSPS) is 20.0. The van der Waals surface area contributed by atoms with Crippen molar-refractivity contribution >= 4 is 35.0 Å². The van der Waals surface area contributed by atoms with E-state index < -0.39 is 89.3 Å². The van der Waals surface area contributed by atoms with Gasteiger partial charge in [0.25, 0.3) is 5.91 Å². The lowest BCUT2D eigenvalue weighted by atomic mass is 9.62. The molecule has 1 amide bonds. The first kappa shape index (κ1) is 33.4. The SMILES string of the molecule is [2H]CN(C)[C@](CC(=O)C(N)CC)(C(=O)[C@H](C)O)C(=O)[C@@](C(=O)[C@](C)(O)C(=O)O)([C@@H](C)CC)N(C)C(=O)[C@@H](C)O. The molecule has 0 aromatic rings. The van der Waals surface area contributed by atoms with Gasteiger partial charge in [0.2, 0.25) is 11.4 Å². The van der Waals surface area contributed by atoms with Gasteiger partial charge < -0.3 is 31.1 Å². The number of amides is 1. The highest BCUT2D eigenvalue weighted by atomic mass is 16.4. The number of likely N-dealkylation sites (N-methyl/N-ethyl adjacent to an activating group) is 2. The van der Waals surface area contributed by atoms with Gasteiger partial charge in [0.05, 0.1) is 6.04 Å². The van der Waals surface area contributed by atoms with E-state index in [1.807, 2.05) is 0 Å². The lowest BCUT2D eigenvalue weighted by Gasteiger charge is -2.51. The maximum absolute atomic E-state index is 14.9. The van der Waals surface area contributed by atoms with Gasteiger partial charge in [-0.05, 0) is 47.2 Å². The van der Waals surface area contributed by atoms with E-state index in [1.54, 1.807) is 6.92 Å². The molecule has 0 heterocycles. The Hall–Kier alpha value is -2.58. The van der Waals surface area contributed by atoms with E-state index in [9.17, 15) is 49.2 Å². The molecular formula is C25H43N3O10. The molecule has 0 rings (SSSR count). The number of hydrogen-bond donors (Lipinski definition) is 5. The van der Waals surface area contributed by atoms with Crippen molar-refractivity contribution < 1.29 is 50.6 Å². The fraction of sp³-hybridized carbons (Fsp3) is 0.760. The minimum Gasteiger partial charge on any atom is -0.479 e. The van der Waals surface area contributed by atoms with Gasteiger partial charge >= 0.3 is 5.97 Å². The van der Waals surface area contributed by atoms with E-state index in [0.717, 1.165) is 32.8 Å². The van der Waals surface area contributed by atoms with E-state index in [4.69, 9.17) is 7.10 Å². The smallest absolute Gasteiger partial charge is 0.343 e. The van der Waals surface area contributed by atoms with Gasteiger partial charge in [-0.2, -0.15) is 0 Å². The molecule has 0 aromatic heterocycles. The molecule has 0 aromatic carbocycles. The summed E-state index contributed by atoms with van der Waals surface area (Å²) in [6, 6.07) is -1.19. The van der Waals surface area contributed by atoms with Crippen LogP contribution in [0, 0.1) is 5.92 Å². The Morgan fingerprint density at radius 2 is 1.45 bits per heavy atom. The number of aliphatic carboxylic acids is 1. The first-order valence-electron chi connectivity index (χ1n) is 12.9. The predicted molar refractivity (Wildman–Crippen MR) is 136 cm³/mol. The fourth-order valence-electron chi connectivity index (χ4n) is 4.45. The van der Waals surface area contributed by atoms with Crippen LogP contribution >= 0.6 is 0 Å². The van der Waals surface area contributed by atoms with Crippen LogP contribution in [0.5, 0.6) is 0 Å². The summed E-state index contributed by atoms with van der Waals surface area (Å²) in [7, 11) is 1.20. The van der Waals surface area contributed by atoms with Crippen molar-refractivity contribution in [2.24, 2.45) is 11.7 Å². The molecule has 13 heteroatoms. The number of carboxylic acid groups (broad SMARTS) is 1. The molecule has 218 valence electrons. The zero-order valence-corrected chi connectivity index (χ0v) is 23.3. The van der Waals surface area contributed by atoms with Crippen molar-refractivity contribution in [3.05, 3.63) is 0 Å². The van der Waals surface area contributed by atoms with Crippen LogP contribution in [0.25, 0.3) is 0 Å². The van der Waals surface area contributed by atoms with E-state index in [0.29, 0.717) is 11.8 Å². The lowest BCUT2D eigenvalue weighted by molar-refractivity contribution is -0.180. The predicted octanol–water partition coefficient (Wildman–Crippen LogP) is -1.47. The van der Waals surface area contributed by atoms with Gasteiger partial charge in [-0.3, -0.25) is 28.9 Å². The largest absolute Gasteiger partial charge is 0.479 e. The Kier molecular flexibility index (Phi) is 11.4. The number of aliphatic hydroxyl groups is 3. The number of carbonyl (C=O) groups excluding carboxylic acids is 5. The maximum Gasteiger partial charge on any atom is 0.343 e. The summed E-state index contributed by atoms with van der Waals surface area (Å²) in [4.78, 5) is 82.3. The molecular weight excluding hydrogens is 502 g/mol. The standard InChI is InChI=1S/C25H43N3O10/c1-10-13(3)25(28(9)19(33)15(5)30,20(34)23(6,38)22(36)37)21(35)24(27(7)8,18(32)14(4)29)12-17(31)16(26)11-2/h13-16,29-30,38H,10-12,26H2,1-9H3,(H,36,37)/t13-,14-,15+,16?,23-,24+,25-/m0/s1/i7D. The number of nitrogens with zero attached hydrogens (tertiary/aromatic N) is 2. The summed E-state index contributed by atoms with van der Waals surface area (Å²) < 4.78 is 7.95. The van der Waals surface area contributed by atoms with Crippen LogP contribution in [-0.4, -0.2) is 121 Å². The van der Waals surface area contributed by atoms with Gasteiger partial charge in [0, 0.05) is 14.8 Å². The van der Waals surface area contributed by atoms with Gasteiger partial charge in [-0.25, -0.2) is 4.79 Å². The molecule has 1 unspecified atom stereocenters. The molecule has 0 saturated carbocycles. The molecule has 6 N–H and O–H groups in total. The van der Waals surface area contributed by atoms with E-state index in [1.165, 1.54) is 13.8 Å². The van der Waals surface area contributed by atoms with Crippen LogP contribution in [0.3, 0.4) is 0 Å². The Morgan fingerprint density at radius 1 is 0.947 bits per heavy atom. The lowest BCUT2D eigenvalue weighted by Crippen LogP contribution is -2.78. The molecule has 0 saturated heterocycles. The van der Waals surface area contributed by atoms with Crippen molar-refractivity contribution in [1.29, 1.82) is 0 Å². The van der Waals surface area contributed by atoms with Crippen LogP contribution < -0.4 is 5.73 Å². The van der Waals surface area contributed by atoms with Crippen molar-refractivity contribution in [2.75, 3.05) is 21.1 Å². The van der Waals surface area contributed by atoms with Gasteiger partial charge in [-0.15, -0.1) is 0 Å². The Labute approximate surface area is 224 Å². The number of carboxylic acids is 1. The van der Waals surface area contributed by atoms with Gasteiger partial charge in [0.15, 0.2) is 28.4 Å². The van der Waals surface area contributed by atoms with Gasteiger partial charge in [-0.1, -0.05) is 27.2 Å². The molecule has 0 bridgehead atoms. The molecule has 0 fully saturated rings. The van der Waals surface area contributed by atoms with Crippen molar-refractivity contribution in [3.63, 3.8) is 0 Å². The zero-order valence-electron chi connectivity index (χ0n) is 24.3. The molecule has 7 atom stereocenters. The summed E-state index contributed by atoms with van der Waals surface area (Å²) in [6.07, 6.45) is -4.80. The van der Waals surface area contributed by atoms with E-state index in [2.05, 4.69) is 0 Å². The Bertz CT molecular complexity index is 970. The number of rotatable bonds is 16. The average molecular weight is 547 g/mol. The fourth-order valence-corrected chi connectivity index (χ4v) is 4.45. The molecule has 0 aliphatic rings. The third kappa shape index (κ3) is 6.01. The highest BCUT2D eigenvalue weighted by molar-refractivity contribution is 6.30. The minimum absolute atomic E-state index is 0.0835. The van der Waals surface area contributed by atoms with Crippen molar-refractivity contribution in [3.8, 4) is 0 Å². The number of carbonyl (C=O) groups is 6. The summed E-state index contributed by atoms with van der Waals surface area (Å²) in [5, 5.41) is 40.9. The summed E-state index contributed by atoms with van der Waals surface area (Å²) in [6.45, 7) is 6.95. The van der Waals surface area contributed by atoms with Crippen LogP contribution in [0.1, 0.15) is 62.2 Å². The number of nitrogens with two attached hydrogens (primary N) is 1. The van der Waals surface area contributed by atoms with Crippen LogP contribution in [0.2, 0.25) is 0 Å². The second-order valence-corrected chi connectivity index (χ2v) is 9.94. The average Bonchev–Trinajstić information content (AvgIpc) is 2.88. The number of ketones is 4. The Morgan fingerprint density at radius 3 is 1.79 bits per heavy atom. The van der Waals surface area contributed by atoms with Crippen LogP contribution in [0.15, 0.2) is 0 Å². The highest BCUT2D eigenvalue weighted by Gasteiger charge is 2.68. The maximum atomic E-state index is 14.9. The van der Waals surface area contributed by atoms with Crippen LogP contribution in [0.4, 0.5) is 0 Å². The summed E-state index contributed by atoms with van der Waals surface area (Å²) >= 11 is 0. The summed E-state index contributed by atoms with van der Waals surface area (Å²) in [5.41, 5.74) is -3.21. The second kappa shape index (κ2) is 13.0. The van der Waals surface area contributed by atoms with Crippen molar-refractivity contribution in [2.45, 2.75) is 95.7 Å². The van der Waals surface area contributed by atoms with E-state index in [-0.39, 0.29) is 12.8 Å². The highest BCUT2D eigenvalue weighted by Crippen LogP contribution is 2.40. The molecule has 0 aliphatic heterocycles. The minimum atomic E-state index is -3.30. The Balaban J connectivity index is 8.26. The zero-order chi connectivity index (χ0) is 31.3. The van der Waals surface area contributed by atoms with Crippen LogP contribution in [-0.2, 0) is 28.8 Å². The number of hydrogen-bond acceptors (Lipinski definition) is 11. The first-order chi connectivity index (χ1) is 17.7. The third-order valence-electron chi connectivity index (χ3n) is 7.19. The summed E-state index contributed by atoms with van der Waals surface area (Å²) in [5.74, 6) is -10.0. The third-order valence-corrected chi connectivity index (χ3v) is 7.19. The van der Waals surface area contributed by atoms with Crippen molar-refractivity contribution in [1.82, 2.24) is 9.80 Å². The molecule has 13 nitrogen and oxygen atoms in total. The van der Waals surface area contributed by atoms with E-state index >= 15 is 0 Å². The molecule has 0 spiro atoms. The molecule has 0 aliphatic carbocycles. The quantitative estimate of drug-likeness (QED) is 0.140. The van der Waals surface area contributed by atoms with Gasteiger partial charge in [0.1, 0.15) is 12.2 Å². The second-order valence-electron chi connectivity index (χ2n) is 9.94. The number of Topliss-reactive ketones (excluding diaryl/α,β-unsaturated/α-hetero) is 4.